The third kappa shape index (κ3) is 13.7. The highest BCUT2D eigenvalue weighted by Crippen LogP contribution is 2.14. The molecule has 1 rings (SSSR count). The van der Waals surface area contributed by atoms with Gasteiger partial charge in [-0.15, -0.1) is 0 Å². The number of carbonyl (C=O) groups excluding carboxylic acids is 1. The van der Waals surface area contributed by atoms with Crippen molar-refractivity contribution in [2.75, 3.05) is 6.61 Å². The Balaban J connectivity index is 1.80. The molecule has 0 aliphatic carbocycles. The Morgan fingerprint density at radius 2 is 1.11 bits per heavy atom. The quantitative estimate of drug-likeness (QED) is 0.196. The minimum absolute atomic E-state index is 0.253. The van der Waals surface area contributed by atoms with E-state index in [0.29, 0.717) is 17.2 Å². The predicted octanol–water partition coefficient (Wildman–Crippen LogP) is 8.37. The first-order valence-corrected chi connectivity index (χ1v) is 11.5. The monoisotopic (exact) mass is 394 g/mol. The van der Waals surface area contributed by atoms with Crippen LogP contribution in [0.3, 0.4) is 0 Å². The molecule has 0 atom stereocenters. The van der Waals surface area contributed by atoms with Crippen LogP contribution >= 0.6 is 11.6 Å². The number of carbonyl (C=O) groups is 1. The second-order valence-corrected chi connectivity index (χ2v) is 8.03. The van der Waals surface area contributed by atoms with Gasteiger partial charge in [-0.2, -0.15) is 0 Å². The van der Waals surface area contributed by atoms with Gasteiger partial charge in [-0.3, -0.25) is 0 Å². The largest absolute Gasteiger partial charge is 0.462 e. The molecule has 0 aliphatic rings. The fourth-order valence-electron chi connectivity index (χ4n) is 3.31. The molecule has 0 saturated carbocycles. The van der Waals surface area contributed by atoms with Gasteiger partial charge in [0.2, 0.25) is 0 Å². The van der Waals surface area contributed by atoms with Gasteiger partial charge in [0.15, 0.2) is 0 Å². The summed E-state index contributed by atoms with van der Waals surface area (Å²) >= 11 is 5.81. The lowest BCUT2D eigenvalue weighted by molar-refractivity contribution is 0.0497. The molecule has 0 amide bonds. The Morgan fingerprint density at radius 3 is 1.56 bits per heavy atom. The van der Waals surface area contributed by atoms with Crippen LogP contribution in [-0.2, 0) is 4.74 Å². The van der Waals surface area contributed by atoms with E-state index in [9.17, 15) is 4.79 Å². The second kappa shape index (κ2) is 17.1. The highest BCUT2D eigenvalue weighted by atomic mass is 35.5. The first-order valence-electron chi connectivity index (χ1n) is 11.2. The number of rotatable bonds is 17. The summed E-state index contributed by atoms with van der Waals surface area (Å²) in [6, 6.07) is 6.84. The van der Waals surface area contributed by atoms with Crippen molar-refractivity contribution in [1.82, 2.24) is 0 Å². The first kappa shape index (κ1) is 24.0. The van der Waals surface area contributed by atoms with Crippen molar-refractivity contribution in [2.24, 2.45) is 0 Å². The topological polar surface area (TPSA) is 26.3 Å². The molecule has 154 valence electrons. The van der Waals surface area contributed by atoms with Crippen LogP contribution in [0.5, 0.6) is 0 Å². The maximum absolute atomic E-state index is 11.8. The van der Waals surface area contributed by atoms with Gasteiger partial charge in [-0.25, -0.2) is 4.79 Å². The van der Waals surface area contributed by atoms with Crippen LogP contribution in [0, 0.1) is 0 Å². The summed E-state index contributed by atoms with van der Waals surface area (Å²) in [6.07, 6.45) is 20.1. The molecule has 0 bridgehead atoms. The Hall–Kier alpha value is -1.02. The lowest BCUT2D eigenvalue weighted by Crippen LogP contribution is -2.06. The van der Waals surface area contributed by atoms with Crippen molar-refractivity contribution in [1.29, 1.82) is 0 Å². The maximum atomic E-state index is 11.8. The lowest BCUT2D eigenvalue weighted by Gasteiger charge is -2.05. The second-order valence-electron chi connectivity index (χ2n) is 7.59. The number of benzene rings is 1. The van der Waals surface area contributed by atoms with Crippen LogP contribution in [0.15, 0.2) is 24.3 Å². The molecule has 0 unspecified atom stereocenters. The van der Waals surface area contributed by atoms with Gasteiger partial charge >= 0.3 is 5.97 Å². The van der Waals surface area contributed by atoms with E-state index in [1.54, 1.807) is 24.3 Å². The van der Waals surface area contributed by atoms with Crippen molar-refractivity contribution in [3.63, 3.8) is 0 Å². The number of hydrogen-bond acceptors (Lipinski definition) is 2. The highest BCUT2D eigenvalue weighted by molar-refractivity contribution is 6.30. The predicted molar refractivity (Wildman–Crippen MR) is 117 cm³/mol. The number of hydrogen-bond donors (Lipinski definition) is 0. The van der Waals surface area contributed by atoms with Gasteiger partial charge < -0.3 is 4.74 Å². The molecule has 3 heteroatoms. The summed E-state index contributed by atoms with van der Waals surface area (Å²) in [4.78, 5) is 11.8. The minimum atomic E-state index is -0.253. The van der Waals surface area contributed by atoms with E-state index < -0.39 is 0 Å². The third-order valence-electron chi connectivity index (χ3n) is 5.06. The summed E-state index contributed by atoms with van der Waals surface area (Å²) in [7, 11) is 0. The van der Waals surface area contributed by atoms with Crippen LogP contribution in [0.2, 0.25) is 5.02 Å². The van der Waals surface area contributed by atoms with Gasteiger partial charge in [0, 0.05) is 5.02 Å². The van der Waals surface area contributed by atoms with Crippen LogP contribution in [0.25, 0.3) is 0 Å². The van der Waals surface area contributed by atoms with Gasteiger partial charge in [0.05, 0.1) is 12.2 Å². The van der Waals surface area contributed by atoms with Crippen LogP contribution in [-0.4, -0.2) is 12.6 Å². The van der Waals surface area contributed by atoms with E-state index in [0.717, 1.165) is 12.8 Å². The normalized spacial score (nSPS) is 10.9. The van der Waals surface area contributed by atoms with Crippen molar-refractivity contribution in [2.45, 2.75) is 103 Å². The number of unbranched alkanes of at least 4 members (excludes halogenated alkanes) is 14. The van der Waals surface area contributed by atoms with Crippen LogP contribution < -0.4 is 0 Å². The number of esters is 1. The van der Waals surface area contributed by atoms with Gasteiger partial charge in [-0.1, -0.05) is 108 Å². The van der Waals surface area contributed by atoms with Crippen molar-refractivity contribution in [3.8, 4) is 0 Å². The van der Waals surface area contributed by atoms with E-state index >= 15 is 0 Å². The summed E-state index contributed by atoms with van der Waals surface area (Å²) in [5, 5.41) is 0.633. The molecule has 0 N–H and O–H groups in total. The summed E-state index contributed by atoms with van der Waals surface area (Å²) in [6.45, 7) is 2.79. The Morgan fingerprint density at radius 1 is 0.704 bits per heavy atom. The van der Waals surface area contributed by atoms with Crippen molar-refractivity contribution in [3.05, 3.63) is 34.9 Å². The molecule has 27 heavy (non-hydrogen) atoms. The average Bonchev–Trinajstić information content (AvgIpc) is 2.68. The van der Waals surface area contributed by atoms with E-state index in [-0.39, 0.29) is 5.97 Å². The number of ether oxygens (including phenoxy) is 1. The molecular formula is C24H39ClO2. The highest BCUT2D eigenvalue weighted by Gasteiger charge is 2.06. The molecular weight excluding hydrogens is 356 g/mol. The molecule has 0 fully saturated rings. The zero-order valence-electron chi connectivity index (χ0n) is 17.3. The van der Waals surface area contributed by atoms with Crippen molar-refractivity contribution >= 4 is 17.6 Å². The molecule has 1 aromatic rings. The summed E-state index contributed by atoms with van der Waals surface area (Å²) in [5.41, 5.74) is 0.570. The average molecular weight is 395 g/mol. The molecule has 0 spiro atoms. The first-order chi connectivity index (χ1) is 13.2. The number of halogens is 1. The zero-order chi connectivity index (χ0) is 19.6. The molecule has 2 nitrogen and oxygen atoms in total. The SMILES string of the molecule is CCCCCCCCCCCCCCCCCOC(=O)c1ccc(Cl)cc1. The molecule has 0 saturated heterocycles. The van der Waals surface area contributed by atoms with E-state index in [2.05, 4.69) is 6.92 Å². The minimum Gasteiger partial charge on any atom is -0.462 e. The maximum Gasteiger partial charge on any atom is 0.338 e. The standard InChI is InChI=1S/C24H39ClO2/c1-2-3-4-5-6-7-8-9-10-11-12-13-14-15-16-21-27-24(26)22-17-19-23(25)20-18-22/h17-20H,2-16,21H2,1H3. The molecule has 1 aromatic carbocycles. The zero-order valence-corrected chi connectivity index (χ0v) is 18.1. The van der Waals surface area contributed by atoms with Crippen LogP contribution in [0.4, 0.5) is 0 Å². The Labute approximate surface area is 172 Å². The van der Waals surface area contributed by atoms with E-state index in [1.807, 2.05) is 0 Å². The fraction of sp³-hybridized carbons (Fsp3) is 0.708. The van der Waals surface area contributed by atoms with E-state index in [4.69, 9.17) is 16.3 Å². The fourth-order valence-corrected chi connectivity index (χ4v) is 3.43. The van der Waals surface area contributed by atoms with Gasteiger partial charge in [0.25, 0.3) is 0 Å². The molecule has 0 radical (unpaired) electrons. The summed E-state index contributed by atoms with van der Waals surface area (Å²) < 4.78 is 5.30. The molecule has 0 heterocycles. The van der Waals surface area contributed by atoms with Gasteiger partial charge in [-0.05, 0) is 30.7 Å². The third-order valence-corrected chi connectivity index (χ3v) is 5.31. The molecule has 0 aromatic heterocycles. The summed E-state index contributed by atoms with van der Waals surface area (Å²) in [5.74, 6) is -0.253. The molecule has 0 aliphatic heterocycles. The van der Waals surface area contributed by atoms with Gasteiger partial charge in [0.1, 0.15) is 0 Å². The van der Waals surface area contributed by atoms with Crippen molar-refractivity contribution < 1.29 is 9.53 Å². The Kier molecular flexibility index (Phi) is 15.2. The van der Waals surface area contributed by atoms with Crippen LogP contribution in [0.1, 0.15) is 114 Å². The van der Waals surface area contributed by atoms with E-state index in [1.165, 1.54) is 83.5 Å². The lowest BCUT2D eigenvalue weighted by atomic mass is 10.0. The Bertz CT molecular complexity index is 470. The smallest absolute Gasteiger partial charge is 0.338 e.